The third-order valence-corrected chi connectivity index (χ3v) is 13.8. The number of esters is 3. The van der Waals surface area contributed by atoms with Crippen molar-refractivity contribution in [1.29, 1.82) is 0 Å². The Bertz CT molecular complexity index is 995. The molecule has 0 amide bonds. The van der Waals surface area contributed by atoms with Crippen molar-refractivity contribution in [3.8, 4) is 0 Å². The number of carbonyl (C=O) groups is 3. The van der Waals surface area contributed by atoms with Gasteiger partial charge in [0.1, 0.15) is 13.2 Å². The second kappa shape index (κ2) is 51.8. The summed E-state index contributed by atoms with van der Waals surface area (Å²) in [5.74, 6) is 0.882. The maximum Gasteiger partial charge on any atom is 0.306 e. The highest BCUT2D eigenvalue weighted by molar-refractivity contribution is 5.71. The van der Waals surface area contributed by atoms with Crippen LogP contribution in [0, 0.1) is 11.8 Å². The summed E-state index contributed by atoms with van der Waals surface area (Å²) in [5, 5.41) is 0. The first-order valence-electron chi connectivity index (χ1n) is 29.3. The van der Waals surface area contributed by atoms with E-state index >= 15 is 0 Å². The highest BCUT2D eigenvalue weighted by Gasteiger charge is 2.19. The van der Waals surface area contributed by atoms with Crippen LogP contribution in [-0.2, 0) is 28.6 Å². The van der Waals surface area contributed by atoms with E-state index in [-0.39, 0.29) is 31.1 Å². The van der Waals surface area contributed by atoms with E-state index in [0.29, 0.717) is 19.3 Å². The molecule has 0 N–H and O–H groups in total. The van der Waals surface area contributed by atoms with Crippen molar-refractivity contribution in [2.75, 3.05) is 13.2 Å². The van der Waals surface area contributed by atoms with E-state index < -0.39 is 6.10 Å². The minimum atomic E-state index is -0.763. The van der Waals surface area contributed by atoms with Gasteiger partial charge in [0.05, 0.1) is 0 Å². The maximum atomic E-state index is 12.8. The summed E-state index contributed by atoms with van der Waals surface area (Å²) in [6.45, 7) is 11.4. The Kier molecular flexibility index (Phi) is 50.5. The van der Waals surface area contributed by atoms with Crippen molar-refractivity contribution in [3.63, 3.8) is 0 Å². The van der Waals surface area contributed by atoms with Gasteiger partial charge >= 0.3 is 17.9 Å². The van der Waals surface area contributed by atoms with Gasteiger partial charge in [0.2, 0.25) is 0 Å². The molecule has 0 aliphatic carbocycles. The Morgan fingerprint density at radius 1 is 0.323 bits per heavy atom. The molecule has 0 saturated carbocycles. The van der Waals surface area contributed by atoms with E-state index in [4.69, 9.17) is 14.2 Å². The van der Waals surface area contributed by atoms with E-state index in [9.17, 15) is 14.4 Å². The second-order valence-corrected chi connectivity index (χ2v) is 21.0. The fraction of sp³-hybridized carbons (Fsp3) is 0.949. The number of rotatable bonds is 53. The topological polar surface area (TPSA) is 78.9 Å². The fourth-order valence-corrected chi connectivity index (χ4v) is 9.02. The molecule has 0 bridgehead atoms. The summed E-state index contributed by atoms with van der Waals surface area (Å²) in [5.41, 5.74) is 0. The van der Waals surface area contributed by atoms with Gasteiger partial charge in [-0.05, 0) is 31.1 Å². The van der Waals surface area contributed by atoms with Crippen molar-refractivity contribution in [3.05, 3.63) is 0 Å². The quantitative estimate of drug-likeness (QED) is 0.0344. The molecule has 2 atom stereocenters. The zero-order valence-electron chi connectivity index (χ0n) is 44.6. The van der Waals surface area contributed by atoms with Crippen molar-refractivity contribution in [2.45, 2.75) is 336 Å². The lowest BCUT2D eigenvalue weighted by Gasteiger charge is -2.18. The number of unbranched alkanes of at least 4 members (excludes halogenated alkanes) is 37. The lowest BCUT2D eigenvalue weighted by atomic mass is 9.99. The predicted molar refractivity (Wildman–Crippen MR) is 280 cm³/mol. The van der Waals surface area contributed by atoms with Crippen molar-refractivity contribution < 1.29 is 28.6 Å². The van der Waals surface area contributed by atoms with Crippen LogP contribution in [-0.4, -0.2) is 37.2 Å². The van der Waals surface area contributed by atoms with Crippen LogP contribution in [0.4, 0.5) is 0 Å². The number of hydrogen-bond acceptors (Lipinski definition) is 6. The highest BCUT2D eigenvalue weighted by atomic mass is 16.6. The minimum Gasteiger partial charge on any atom is -0.462 e. The van der Waals surface area contributed by atoms with Crippen molar-refractivity contribution in [2.24, 2.45) is 11.8 Å². The van der Waals surface area contributed by atoms with E-state index in [2.05, 4.69) is 34.6 Å². The maximum absolute atomic E-state index is 12.8. The molecule has 6 nitrogen and oxygen atoms in total. The van der Waals surface area contributed by atoms with Gasteiger partial charge in [-0.15, -0.1) is 0 Å². The van der Waals surface area contributed by atoms with Crippen molar-refractivity contribution in [1.82, 2.24) is 0 Å². The molecule has 0 aliphatic heterocycles. The first kappa shape index (κ1) is 63.4. The number of ether oxygens (including phenoxy) is 3. The Morgan fingerprint density at radius 3 is 0.877 bits per heavy atom. The van der Waals surface area contributed by atoms with Gasteiger partial charge < -0.3 is 14.2 Å². The van der Waals surface area contributed by atoms with Gasteiger partial charge in [-0.25, -0.2) is 0 Å². The predicted octanol–water partition coefficient (Wildman–Crippen LogP) is 19.3. The Balaban J connectivity index is 4.28. The van der Waals surface area contributed by atoms with Crippen LogP contribution >= 0.6 is 0 Å². The molecule has 0 heterocycles. The Morgan fingerprint density at radius 2 is 0.585 bits per heavy atom. The lowest BCUT2D eigenvalue weighted by Crippen LogP contribution is -2.30. The third-order valence-electron chi connectivity index (χ3n) is 13.8. The van der Waals surface area contributed by atoms with Gasteiger partial charge in [0, 0.05) is 19.3 Å². The smallest absolute Gasteiger partial charge is 0.306 e. The first-order valence-corrected chi connectivity index (χ1v) is 29.3. The van der Waals surface area contributed by atoms with E-state index in [1.807, 2.05) is 0 Å². The monoisotopic (exact) mass is 919 g/mol. The van der Waals surface area contributed by atoms with Crippen LogP contribution < -0.4 is 0 Å². The summed E-state index contributed by atoms with van der Waals surface area (Å²) in [6, 6.07) is 0. The van der Waals surface area contributed by atoms with Crippen LogP contribution in [0.25, 0.3) is 0 Å². The molecule has 0 aliphatic rings. The molecule has 0 aromatic carbocycles. The molecule has 6 heteroatoms. The average Bonchev–Trinajstić information content (AvgIpc) is 3.29. The van der Waals surface area contributed by atoms with Gasteiger partial charge in [-0.2, -0.15) is 0 Å². The Hall–Kier alpha value is -1.59. The summed E-state index contributed by atoms with van der Waals surface area (Å²) in [4.78, 5) is 38.1. The molecular formula is C59H114O6. The van der Waals surface area contributed by atoms with Crippen LogP contribution in [0.5, 0.6) is 0 Å². The van der Waals surface area contributed by atoms with Crippen LogP contribution in [0.2, 0.25) is 0 Å². The third kappa shape index (κ3) is 51.6. The molecule has 0 spiro atoms. The molecule has 0 rings (SSSR count). The largest absolute Gasteiger partial charge is 0.462 e. The molecule has 0 fully saturated rings. The molecular weight excluding hydrogens is 805 g/mol. The SMILES string of the molecule is CCCCCCCCCCCCCCCCC(=O)OC[C@@H](COC(=O)CCCCCCCCCCCCCCCCCCC(C)C)OC(=O)CCCCCCCCCCCCC(C)CC. The number of hydrogen-bond donors (Lipinski definition) is 0. The van der Waals surface area contributed by atoms with Gasteiger partial charge in [0.15, 0.2) is 6.10 Å². The molecule has 0 aromatic rings. The van der Waals surface area contributed by atoms with E-state index in [1.165, 1.54) is 218 Å². The molecule has 386 valence electrons. The molecule has 1 unspecified atom stereocenters. The van der Waals surface area contributed by atoms with Crippen LogP contribution in [0.1, 0.15) is 330 Å². The summed E-state index contributed by atoms with van der Waals surface area (Å²) in [6.07, 6.45) is 55.1. The summed E-state index contributed by atoms with van der Waals surface area (Å²) >= 11 is 0. The standard InChI is InChI=1S/C59H114O6/c1-6-8-9-10-11-12-13-14-20-23-29-34-39-44-49-57(60)63-52-56(65-59(62)51-46-41-36-31-26-25-28-33-38-43-48-55(5)7-2)53-64-58(61)50-45-40-35-30-24-21-18-16-15-17-19-22-27-32-37-42-47-54(3)4/h54-56H,6-53H2,1-5H3/t55?,56-/m0/s1. The van der Waals surface area contributed by atoms with Gasteiger partial charge in [-0.1, -0.05) is 291 Å². The average molecular weight is 920 g/mol. The van der Waals surface area contributed by atoms with Crippen LogP contribution in [0.3, 0.4) is 0 Å². The van der Waals surface area contributed by atoms with Gasteiger partial charge in [0.25, 0.3) is 0 Å². The molecule has 0 saturated heterocycles. The summed E-state index contributed by atoms with van der Waals surface area (Å²) in [7, 11) is 0. The van der Waals surface area contributed by atoms with Crippen LogP contribution in [0.15, 0.2) is 0 Å². The number of carbonyl (C=O) groups excluding carboxylic acids is 3. The zero-order chi connectivity index (χ0) is 47.5. The van der Waals surface area contributed by atoms with E-state index in [0.717, 1.165) is 69.6 Å². The Labute approximate surface area is 406 Å². The minimum absolute atomic E-state index is 0.0627. The van der Waals surface area contributed by atoms with Gasteiger partial charge in [-0.3, -0.25) is 14.4 Å². The van der Waals surface area contributed by atoms with E-state index in [1.54, 1.807) is 0 Å². The molecule has 0 aromatic heterocycles. The lowest BCUT2D eigenvalue weighted by molar-refractivity contribution is -0.167. The van der Waals surface area contributed by atoms with Crippen molar-refractivity contribution >= 4 is 17.9 Å². The second-order valence-electron chi connectivity index (χ2n) is 21.0. The highest BCUT2D eigenvalue weighted by Crippen LogP contribution is 2.19. The molecule has 65 heavy (non-hydrogen) atoms. The molecule has 0 radical (unpaired) electrons. The first-order chi connectivity index (χ1) is 31.8. The zero-order valence-corrected chi connectivity index (χ0v) is 44.6. The summed E-state index contributed by atoms with van der Waals surface area (Å²) < 4.78 is 16.9. The normalized spacial score (nSPS) is 12.5. The fourth-order valence-electron chi connectivity index (χ4n) is 9.02.